The second-order valence-corrected chi connectivity index (χ2v) is 9.34. The highest BCUT2D eigenvalue weighted by molar-refractivity contribution is 5.85. The number of hydrogen-bond donors (Lipinski definition) is 1. The van der Waals surface area contributed by atoms with Gasteiger partial charge in [0.15, 0.2) is 0 Å². The number of benzene rings is 2. The molecule has 2 aromatic carbocycles. The molecule has 0 saturated carbocycles. The van der Waals surface area contributed by atoms with Crippen LogP contribution in [0.5, 0.6) is 0 Å². The van der Waals surface area contributed by atoms with Crippen LogP contribution in [0.15, 0.2) is 42.5 Å². The quantitative estimate of drug-likeness (QED) is 0.443. The third-order valence-corrected chi connectivity index (χ3v) is 6.65. The van der Waals surface area contributed by atoms with Crippen molar-refractivity contribution in [2.75, 3.05) is 0 Å². The number of halogens is 1. The first-order chi connectivity index (χ1) is 13.5. The van der Waals surface area contributed by atoms with Crippen molar-refractivity contribution in [1.29, 1.82) is 0 Å². The summed E-state index contributed by atoms with van der Waals surface area (Å²) in [5, 5.41) is 2.74. The van der Waals surface area contributed by atoms with Crippen molar-refractivity contribution >= 4 is 10.8 Å². The summed E-state index contributed by atoms with van der Waals surface area (Å²) in [5.41, 5.74) is 6.19. The molecule has 0 amide bonds. The van der Waals surface area contributed by atoms with Crippen LogP contribution in [0.25, 0.3) is 10.8 Å². The average molecular weight is 418 g/mol. The maximum Gasteiger partial charge on any atom is 0.0984 e. The number of rotatable bonds is 14. The summed E-state index contributed by atoms with van der Waals surface area (Å²) in [5.74, 6) is 0.653. The second-order valence-electron chi connectivity index (χ2n) is 9.34. The van der Waals surface area contributed by atoms with E-state index >= 15 is 0 Å². The number of quaternary nitrogens is 1. The molecular formula is C27H44ClN. The highest BCUT2D eigenvalue weighted by atomic mass is 35.5. The first kappa shape index (κ1) is 26.0. The number of fused-ring (bicyclic) bond motifs is 1. The third kappa shape index (κ3) is 9.09. The fourth-order valence-electron chi connectivity index (χ4n) is 4.34. The van der Waals surface area contributed by atoms with Crippen molar-refractivity contribution in [1.82, 2.24) is 0 Å². The molecular weight excluding hydrogens is 374 g/mol. The van der Waals surface area contributed by atoms with Gasteiger partial charge in [-0.3, -0.25) is 0 Å². The van der Waals surface area contributed by atoms with Gasteiger partial charge in [-0.15, -0.1) is 0 Å². The van der Waals surface area contributed by atoms with E-state index in [4.69, 9.17) is 0 Å². The minimum atomic E-state index is 0. The highest BCUT2D eigenvalue weighted by Crippen LogP contribution is 2.27. The molecule has 0 aromatic heterocycles. The van der Waals surface area contributed by atoms with Gasteiger partial charge in [-0.25, -0.2) is 0 Å². The molecule has 2 rings (SSSR count). The minimum absolute atomic E-state index is 0. The Morgan fingerprint density at radius 1 is 0.793 bits per heavy atom. The van der Waals surface area contributed by atoms with Gasteiger partial charge in [-0.05, 0) is 29.7 Å². The maximum atomic E-state index is 4.64. The fourth-order valence-corrected chi connectivity index (χ4v) is 4.34. The molecule has 0 radical (unpaired) electrons. The van der Waals surface area contributed by atoms with E-state index in [1.54, 1.807) is 0 Å². The van der Waals surface area contributed by atoms with Gasteiger partial charge in [0.1, 0.15) is 0 Å². The SMILES string of the molecule is CCCCCCCCCCCCC(C)C(C)([NH3+])Cc1cccc2ccccc12.[Cl-]. The summed E-state index contributed by atoms with van der Waals surface area (Å²) < 4.78 is 0. The van der Waals surface area contributed by atoms with Crippen LogP contribution in [0.4, 0.5) is 0 Å². The molecule has 2 aromatic rings. The predicted molar refractivity (Wildman–Crippen MR) is 125 cm³/mol. The zero-order chi connectivity index (χ0) is 20.2. The zero-order valence-electron chi connectivity index (χ0n) is 19.2. The van der Waals surface area contributed by atoms with Crippen LogP contribution in [0.2, 0.25) is 0 Å². The van der Waals surface area contributed by atoms with E-state index in [-0.39, 0.29) is 17.9 Å². The van der Waals surface area contributed by atoms with Crippen molar-refractivity contribution in [3.63, 3.8) is 0 Å². The van der Waals surface area contributed by atoms with Gasteiger partial charge in [-0.1, -0.05) is 121 Å². The topological polar surface area (TPSA) is 27.6 Å². The Labute approximate surface area is 186 Å². The lowest BCUT2D eigenvalue weighted by atomic mass is 9.79. The smallest absolute Gasteiger partial charge is 0.0984 e. The van der Waals surface area contributed by atoms with E-state index in [9.17, 15) is 0 Å². The molecule has 0 aliphatic carbocycles. The van der Waals surface area contributed by atoms with Gasteiger partial charge < -0.3 is 18.1 Å². The van der Waals surface area contributed by atoms with Gasteiger partial charge in [0.25, 0.3) is 0 Å². The molecule has 0 aliphatic rings. The Balaban J connectivity index is 0.00000420. The summed E-state index contributed by atoms with van der Waals surface area (Å²) in [7, 11) is 0. The molecule has 0 spiro atoms. The fraction of sp³-hybridized carbons (Fsp3) is 0.630. The normalized spacial score (nSPS) is 14.3. The summed E-state index contributed by atoms with van der Waals surface area (Å²) in [6.45, 7) is 7.06. The molecule has 0 fully saturated rings. The molecule has 2 unspecified atom stereocenters. The van der Waals surface area contributed by atoms with Gasteiger partial charge in [0.2, 0.25) is 0 Å². The number of hydrogen-bond acceptors (Lipinski definition) is 0. The Kier molecular flexibility index (Phi) is 12.6. The van der Waals surface area contributed by atoms with E-state index in [1.165, 1.54) is 87.0 Å². The molecule has 3 N–H and O–H groups in total. The van der Waals surface area contributed by atoms with Crippen LogP contribution < -0.4 is 18.1 Å². The van der Waals surface area contributed by atoms with E-state index in [0.29, 0.717) is 5.92 Å². The lowest BCUT2D eigenvalue weighted by Gasteiger charge is -2.29. The predicted octanol–water partition coefficient (Wildman–Crippen LogP) is 4.33. The molecule has 0 aliphatic heterocycles. The first-order valence-corrected chi connectivity index (χ1v) is 11.9. The Hall–Kier alpha value is -1.05. The van der Waals surface area contributed by atoms with E-state index in [0.717, 1.165) is 6.42 Å². The molecule has 1 nitrogen and oxygen atoms in total. The molecule has 2 heteroatoms. The summed E-state index contributed by atoms with van der Waals surface area (Å²) in [4.78, 5) is 0. The van der Waals surface area contributed by atoms with Gasteiger partial charge in [-0.2, -0.15) is 0 Å². The summed E-state index contributed by atoms with van der Waals surface area (Å²) >= 11 is 0. The van der Waals surface area contributed by atoms with Crippen molar-refractivity contribution < 1.29 is 18.1 Å². The third-order valence-electron chi connectivity index (χ3n) is 6.65. The van der Waals surface area contributed by atoms with Gasteiger partial charge in [0.05, 0.1) is 5.54 Å². The minimum Gasteiger partial charge on any atom is -1.00 e. The first-order valence-electron chi connectivity index (χ1n) is 11.9. The summed E-state index contributed by atoms with van der Waals surface area (Å²) in [6.07, 6.45) is 16.5. The molecule has 2 atom stereocenters. The van der Waals surface area contributed by atoms with Crippen LogP contribution in [-0.4, -0.2) is 5.54 Å². The number of unbranched alkanes of at least 4 members (excludes halogenated alkanes) is 9. The van der Waals surface area contributed by atoms with Crippen molar-refractivity contribution in [3.8, 4) is 0 Å². The Morgan fingerprint density at radius 3 is 2.00 bits per heavy atom. The summed E-state index contributed by atoms with van der Waals surface area (Å²) in [6, 6.07) is 15.5. The maximum absolute atomic E-state index is 4.64. The van der Waals surface area contributed by atoms with Crippen LogP contribution in [0.1, 0.15) is 97.0 Å². The molecule has 0 saturated heterocycles. The monoisotopic (exact) mass is 417 g/mol. The Bertz CT molecular complexity index is 674. The van der Waals surface area contributed by atoms with Crippen LogP contribution >= 0.6 is 0 Å². The van der Waals surface area contributed by atoms with Crippen LogP contribution in [0.3, 0.4) is 0 Å². The van der Waals surface area contributed by atoms with Crippen LogP contribution in [-0.2, 0) is 6.42 Å². The molecule has 0 heterocycles. The standard InChI is InChI=1S/C27H43N.ClH/c1-4-5-6-7-8-9-10-11-12-13-17-23(2)27(3,28)22-25-20-16-19-24-18-14-15-21-26(24)25;/h14-16,18-21,23H,4-13,17,22,28H2,1-3H3;1H. The molecule has 0 bridgehead atoms. The van der Waals surface area contributed by atoms with Gasteiger partial charge in [0, 0.05) is 12.3 Å². The lowest BCUT2D eigenvalue weighted by molar-refractivity contribution is -0.485. The van der Waals surface area contributed by atoms with E-state index in [2.05, 4.69) is 69.0 Å². The van der Waals surface area contributed by atoms with E-state index in [1.807, 2.05) is 0 Å². The molecule has 29 heavy (non-hydrogen) atoms. The highest BCUT2D eigenvalue weighted by Gasteiger charge is 2.30. The van der Waals surface area contributed by atoms with Gasteiger partial charge >= 0.3 is 0 Å². The lowest BCUT2D eigenvalue weighted by Crippen LogP contribution is -3.00. The average Bonchev–Trinajstić information content (AvgIpc) is 2.69. The Morgan fingerprint density at radius 2 is 1.34 bits per heavy atom. The second kappa shape index (κ2) is 14.0. The van der Waals surface area contributed by atoms with E-state index < -0.39 is 0 Å². The zero-order valence-corrected chi connectivity index (χ0v) is 19.9. The van der Waals surface area contributed by atoms with Crippen molar-refractivity contribution in [2.24, 2.45) is 5.92 Å². The van der Waals surface area contributed by atoms with Crippen LogP contribution in [0, 0.1) is 5.92 Å². The largest absolute Gasteiger partial charge is 1.00 e. The van der Waals surface area contributed by atoms with Crippen molar-refractivity contribution in [3.05, 3.63) is 48.0 Å². The molecule has 164 valence electrons. The van der Waals surface area contributed by atoms with Crippen molar-refractivity contribution in [2.45, 2.75) is 103 Å².